The van der Waals surface area contributed by atoms with E-state index in [0.29, 0.717) is 0 Å². The Kier molecular flexibility index (Phi) is 8.24. The molecule has 0 aliphatic rings. The fraction of sp³-hybridized carbons (Fsp3) is 0.400. The van der Waals surface area contributed by atoms with E-state index in [4.69, 9.17) is 0 Å². The first-order valence-corrected chi connectivity index (χ1v) is 8.05. The third kappa shape index (κ3) is 7.91. The molecular weight excluding hydrogens is 295 g/mol. The molecule has 0 spiro atoms. The third-order valence-electron chi connectivity index (χ3n) is 1.28. The first-order chi connectivity index (χ1) is 6.99. The quantitative estimate of drug-likeness (QED) is 0.557. The Bertz CT molecular complexity index is 240. The summed E-state index contributed by atoms with van der Waals surface area (Å²) in [5, 5.41) is -0.00626. The van der Waals surface area contributed by atoms with Crippen molar-refractivity contribution in [3.63, 3.8) is 0 Å². The van der Waals surface area contributed by atoms with E-state index < -0.39 is 0 Å². The van der Waals surface area contributed by atoms with Gasteiger partial charge in [0.25, 0.3) is 0 Å². The molecule has 0 radical (unpaired) electrons. The fourth-order valence-electron chi connectivity index (χ4n) is 0.749. The maximum atomic E-state index is 11.0. The Morgan fingerprint density at radius 3 is 1.67 bits per heavy atom. The van der Waals surface area contributed by atoms with Crippen LogP contribution < -0.4 is 0 Å². The van der Waals surface area contributed by atoms with Gasteiger partial charge in [-0.1, -0.05) is 0 Å². The third-order valence-corrected chi connectivity index (χ3v) is 6.72. The van der Waals surface area contributed by atoms with Crippen molar-refractivity contribution >= 4 is 48.7 Å². The molecule has 0 aromatic rings. The molecule has 0 N–H and O–H groups in total. The van der Waals surface area contributed by atoms with Gasteiger partial charge in [-0.15, -0.1) is 0 Å². The van der Waals surface area contributed by atoms with Crippen molar-refractivity contribution in [2.24, 2.45) is 0 Å². The Morgan fingerprint density at radius 1 is 1.07 bits per heavy atom. The van der Waals surface area contributed by atoms with Gasteiger partial charge in [-0.3, -0.25) is 0 Å². The molecule has 0 aromatic carbocycles. The Labute approximate surface area is 105 Å². The molecule has 0 aromatic heterocycles. The zero-order chi connectivity index (χ0) is 11.8. The molecular formula is C10H14O2S2Se. The summed E-state index contributed by atoms with van der Waals surface area (Å²) in [7, 11) is 0. The van der Waals surface area contributed by atoms with Crippen molar-refractivity contribution in [1.29, 1.82) is 0 Å². The predicted octanol–water partition coefficient (Wildman–Crippen LogP) is 2.27. The molecule has 0 saturated heterocycles. The molecule has 0 saturated carbocycles. The van der Waals surface area contributed by atoms with Gasteiger partial charge >= 0.3 is 106 Å². The van der Waals surface area contributed by atoms with Crippen molar-refractivity contribution in [1.82, 2.24) is 0 Å². The number of thioether (sulfide) groups is 2. The van der Waals surface area contributed by atoms with E-state index in [1.54, 1.807) is 0 Å². The predicted molar refractivity (Wildman–Crippen MR) is 70.3 cm³/mol. The zero-order valence-corrected chi connectivity index (χ0v) is 12.1. The van der Waals surface area contributed by atoms with E-state index in [0.717, 1.165) is 0 Å². The average molecular weight is 309 g/mol. The molecule has 15 heavy (non-hydrogen) atoms. The van der Waals surface area contributed by atoms with Crippen molar-refractivity contribution in [3.05, 3.63) is 25.3 Å². The van der Waals surface area contributed by atoms with E-state index in [1.807, 2.05) is 13.8 Å². The van der Waals surface area contributed by atoms with Crippen LogP contribution in [-0.2, 0) is 9.59 Å². The van der Waals surface area contributed by atoms with Crippen LogP contribution in [0.2, 0.25) is 0 Å². The summed E-state index contributed by atoms with van der Waals surface area (Å²) in [6, 6.07) is 0. The minimum absolute atomic E-state index is 0.00313. The van der Waals surface area contributed by atoms with Crippen molar-refractivity contribution in [2.75, 3.05) is 0 Å². The molecule has 2 atom stereocenters. The number of carbonyl (C=O) groups is 2. The summed E-state index contributed by atoms with van der Waals surface area (Å²) in [5.74, 6) is 0. The molecule has 5 heteroatoms. The maximum absolute atomic E-state index is 11.0. The van der Waals surface area contributed by atoms with E-state index in [9.17, 15) is 9.59 Å². The van der Waals surface area contributed by atoms with Crippen LogP contribution in [-0.4, -0.2) is 33.5 Å². The minimum atomic E-state index is -0.00313. The second-order valence-corrected chi connectivity index (χ2v) is 10.1. The van der Waals surface area contributed by atoms with Crippen LogP contribution in [0.15, 0.2) is 25.3 Å². The van der Waals surface area contributed by atoms with E-state index in [2.05, 4.69) is 13.2 Å². The first kappa shape index (κ1) is 15.0. The van der Waals surface area contributed by atoms with Crippen molar-refractivity contribution in [3.8, 4) is 0 Å². The van der Waals surface area contributed by atoms with E-state index >= 15 is 0 Å². The summed E-state index contributed by atoms with van der Waals surface area (Å²) in [4.78, 5) is 22.1. The molecule has 0 rings (SSSR count). The molecule has 0 aliphatic heterocycles. The van der Waals surface area contributed by atoms with Crippen molar-refractivity contribution < 1.29 is 9.59 Å². The molecule has 2 nitrogen and oxygen atoms in total. The Morgan fingerprint density at radius 2 is 1.40 bits per heavy atom. The van der Waals surface area contributed by atoms with Gasteiger partial charge in [0.2, 0.25) is 0 Å². The van der Waals surface area contributed by atoms with Crippen LogP contribution in [0.1, 0.15) is 13.8 Å². The summed E-state index contributed by atoms with van der Waals surface area (Å²) in [5.41, 5.74) is 0. The van der Waals surface area contributed by atoms with Crippen LogP contribution in [0.4, 0.5) is 0 Å². The monoisotopic (exact) mass is 310 g/mol. The Balaban J connectivity index is 3.89. The number of hydrogen-bond acceptors (Lipinski definition) is 4. The molecule has 0 fully saturated rings. The average Bonchev–Trinajstić information content (AvgIpc) is 2.16. The van der Waals surface area contributed by atoms with Crippen LogP contribution in [0.3, 0.4) is 0 Å². The summed E-state index contributed by atoms with van der Waals surface area (Å²) >= 11 is 2.81. The summed E-state index contributed by atoms with van der Waals surface area (Å²) in [6.07, 6.45) is 2.65. The van der Waals surface area contributed by atoms with E-state index in [-0.39, 0.29) is 33.5 Å². The van der Waals surface area contributed by atoms with Gasteiger partial charge in [-0.2, -0.15) is 0 Å². The van der Waals surface area contributed by atoms with Crippen LogP contribution in [0.5, 0.6) is 0 Å². The molecule has 0 amide bonds. The number of rotatable bonds is 6. The fourth-order valence-corrected chi connectivity index (χ4v) is 6.83. The summed E-state index contributed by atoms with van der Waals surface area (Å²) in [6.45, 7) is 10.8. The van der Waals surface area contributed by atoms with Gasteiger partial charge in [0.1, 0.15) is 0 Å². The molecule has 84 valence electrons. The van der Waals surface area contributed by atoms with Crippen LogP contribution >= 0.6 is 23.5 Å². The van der Waals surface area contributed by atoms with Gasteiger partial charge in [0.15, 0.2) is 0 Å². The topological polar surface area (TPSA) is 34.1 Å². The molecule has 0 aliphatic carbocycles. The SMILES string of the molecule is C=CC(=O)SC(C)[Se]C(C)SC(=O)C=C. The van der Waals surface area contributed by atoms with Gasteiger partial charge < -0.3 is 0 Å². The van der Waals surface area contributed by atoms with Gasteiger partial charge in [0, 0.05) is 0 Å². The first-order valence-electron chi connectivity index (χ1n) is 4.31. The second kappa shape index (κ2) is 8.22. The number of carbonyl (C=O) groups excluding carboxylic acids is 2. The molecule has 0 heterocycles. The van der Waals surface area contributed by atoms with Crippen LogP contribution in [0.25, 0.3) is 0 Å². The van der Waals surface area contributed by atoms with Gasteiger partial charge in [0.05, 0.1) is 0 Å². The zero-order valence-electron chi connectivity index (χ0n) is 8.76. The van der Waals surface area contributed by atoms with Gasteiger partial charge in [-0.25, -0.2) is 0 Å². The molecule has 0 bridgehead atoms. The van der Waals surface area contributed by atoms with Crippen LogP contribution in [0, 0.1) is 0 Å². The van der Waals surface area contributed by atoms with Crippen molar-refractivity contribution in [2.45, 2.75) is 22.1 Å². The number of hydrogen-bond donors (Lipinski definition) is 0. The van der Waals surface area contributed by atoms with E-state index in [1.165, 1.54) is 35.7 Å². The Hall–Kier alpha value is 0.0395. The standard InChI is InChI=1S/C10H14O2S2Se/c1-5-9(11)13-7(3)15-8(4)14-10(12)6-2/h5-8H,1-2H2,3-4H3. The van der Waals surface area contributed by atoms with Gasteiger partial charge in [-0.05, 0) is 0 Å². The second-order valence-electron chi connectivity index (χ2n) is 2.55. The normalized spacial score (nSPS) is 14.0. The molecule has 2 unspecified atom stereocenters. The summed E-state index contributed by atoms with van der Waals surface area (Å²) < 4.78 is 0.534.